The van der Waals surface area contributed by atoms with Gasteiger partial charge in [-0.2, -0.15) is 0 Å². The molecule has 0 fully saturated rings. The highest BCUT2D eigenvalue weighted by Crippen LogP contribution is 2.14. The van der Waals surface area contributed by atoms with E-state index in [1.54, 1.807) is 31.4 Å². The molecule has 2 rings (SSSR count). The van der Waals surface area contributed by atoms with Crippen LogP contribution in [0.15, 0.2) is 48.5 Å². The van der Waals surface area contributed by atoms with Crippen molar-refractivity contribution in [1.82, 2.24) is 5.32 Å². The third-order valence-electron chi connectivity index (χ3n) is 3.10. The fourth-order valence-electron chi connectivity index (χ4n) is 1.98. The van der Waals surface area contributed by atoms with Crippen molar-refractivity contribution in [2.24, 2.45) is 0 Å². The van der Waals surface area contributed by atoms with E-state index in [9.17, 15) is 4.79 Å². The van der Waals surface area contributed by atoms with E-state index in [2.05, 4.69) is 5.32 Å². The van der Waals surface area contributed by atoms with Crippen molar-refractivity contribution in [2.75, 3.05) is 7.11 Å². The van der Waals surface area contributed by atoms with Crippen molar-refractivity contribution < 1.29 is 14.3 Å². The molecule has 0 saturated heterocycles. The van der Waals surface area contributed by atoms with E-state index in [-0.39, 0.29) is 12.0 Å². The Bertz CT molecular complexity index is 603. The van der Waals surface area contributed by atoms with E-state index in [0.29, 0.717) is 12.1 Å². The quantitative estimate of drug-likeness (QED) is 0.889. The molecule has 0 heterocycles. The van der Waals surface area contributed by atoms with Gasteiger partial charge in [-0.1, -0.05) is 12.1 Å². The molecular formula is C18H21NO3. The second kappa shape index (κ2) is 7.50. The van der Waals surface area contributed by atoms with Crippen LogP contribution in [0.5, 0.6) is 11.5 Å². The molecule has 22 heavy (non-hydrogen) atoms. The van der Waals surface area contributed by atoms with E-state index >= 15 is 0 Å². The summed E-state index contributed by atoms with van der Waals surface area (Å²) in [6.45, 7) is 4.46. The number of methoxy groups -OCH3 is 1. The minimum atomic E-state index is -0.106. The second-order valence-corrected chi connectivity index (χ2v) is 5.22. The third kappa shape index (κ3) is 4.52. The van der Waals surface area contributed by atoms with E-state index in [0.717, 1.165) is 17.1 Å². The number of amides is 1. The van der Waals surface area contributed by atoms with Gasteiger partial charge in [-0.05, 0) is 55.8 Å². The summed E-state index contributed by atoms with van der Waals surface area (Å²) in [6, 6.07) is 14.8. The number of ether oxygens (including phenoxy) is 2. The summed E-state index contributed by atoms with van der Waals surface area (Å²) in [4.78, 5) is 12.1. The Morgan fingerprint density at radius 1 is 1.00 bits per heavy atom. The van der Waals surface area contributed by atoms with Gasteiger partial charge < -0.3 is 14.8 Å². The Balaban J connectivity index is 1.90. The maximum Gasteiger partial charge on any atom is 0.251 e. The monoisotopic (exact) mass is 299 g/mol. The van der Waals surface area contributed by atoms with Crippen LogP contribution in [0, 0.1) is 0 Å². The summed E-state index contributed by atoms with van der Waals surface area (Å²) >= 11 is 0. The molecule has 4 heteroatoms. The van der Waals surface area contributed by atoms with Crippen LogP contribution in [-0.2, 0) is 6.54 Å². The average molecular weight is 299 g/mol. The molecule has 0 aliphatic carbocycles. The van der Waals surface area contributed by atoms with Crippen LogP contribution in [0.2, 0.25) is 0 Å². The topological polar surface area (TPSA) is 47.6 Å². The zero-order valence-electron chi connectivity index (χ0n) is 13.1. The first-order valence-corrected chi connectivity index (χ1v) is 7.26. The first-order valence-electron chi connectivity index (χ1n) is 7.26. The molecule has 0 saturated carbocycles. The molecule has 0 aliphatic heterocycles. The van der Waals surface area contributed by atoms with Crippen LogP contribution in [0.3, 0.4) is 0 Å². The average Bonchev–Trinajstić information content (AvgIpc) is 2.53. The molecule has 0 bridgehead atoms. The number of nitrogens with one attached hydrogen (secondary N) is 1. The summed E-state index contributed by atoms with van der Waals surface area (Å²) in [5.41, 5.74) is 1.64. The third-order valence-corrected chi connectivity index (χ3v) is 3.10. The SMILES string of the molecule is COc1ccc(C(=O)NCc2ccc(OC(C)C)cc2)cc1. The highest BCUT2D eigenvalue weighted by Gasteiger charge is 2.05. The van der Waals surface area contributed by atoms with Gasteiger partial charge in [0, 0.05) is 12.1 Å². The molecule has 2 aromatic rings. The largest absolute Gasteiger partial charge is 0.497 e. The Morgan fingerprint density at radius 3 is 2.14 bits per heavy atom. The number of carbonyl (C=O) groups is 1. The standard InChI is InChI=1S/C18H21NO3/c1-13(2)22-17-8-4-14(5-9-17)12-19-18(20)15-6-10-16(21-3)11-7-15/h4-11,13H,12H2,1-3H3,(H,19,20). The number of carbonyl (C=O) groups excluding carboxylic acids is 1. The first kappa shape index (κ1) is 15.9. The lowest BCUT2D eigenvalue weighted by Gasteiger charge is -2.10. The van der Waals surface area contributed by atoms with Gasteiger partial charge in [0.15, 0.2) is 0 Å². The van der Waals surface area contributed by atoms with E-state index < -0.39 is 0 Å². The molecule has 0 atom stereocenters. The van der Waals surface area contributed by atoms with Crippen LogP contribution in [0.4, 0.5) is 0 Å². The van der Waals surface area contributed by atoms with Crippen LogP contribution in [0.1, 0.15) is 29.8 Å². The summed E-state index contributed by atoms with van der Waals surface area (Å²) in [7, 11) is 1.60. The van der Waals surface area contributed by atoms with Gasteiger partial charge in [-0.3, -0.25) is 4.79 Å². The second-order valence-electron chi connectivity index (χ2n) is 5.22. The van der Waals surface area contributed by atoms with Gasteiger partial charge in [-0.15, -0.1) is 0 Å². The Labute approximate surface area is 131 Å². The zero-order valence-corrected chi connectivity index (χ0v) is 13.1. The lowest BCUT2D eigenvalue weighted by atomic mass is 10.2. The molecule has 116 valence electrons. The molecule has 0 spiro atoms. The lowest BCUT2D eigenvalue weighted by Crippen LogP contribution is -2.22. The highest BCUT2D eigenvalue weighted by atomic mass is 16.5. The molecule has 1 amide bonds. The van der Waals surface area contributed by atoms with Crippen molar-refractivity contribution >= 4 is 5.91 Å². The van der Waals surface area contributed by atoms with Crippen molar-refractivity contribution in [3.63, 3.8) is 0 Å². The summed E-state index contributed by atoms with van der Waals surface area (Å²) in [5, 5.41) is 2.89. The van der Waals surface area contributed by atoms with E-state index in [1.807, 2.05) is 38.1 Å². The summed E-state index contributed by atoms with van der Waals surface area (Å²) in [5.74, 6) is 1.46. The van der Waals surface area contributed by atoms with Gasteiger partial charge in [0.25, 0.3) is 5.91 Å². The normalized spacial score (nSPS) is 10.4. The maximum atomic E-state index is 12.1. The maximum absolute atomic E-state index is 12.1. The molecular weight excluding hydrogens is 278 g/mol. The highest BCUT2D eigenvalue weighted by molar-refractivity contribution is 5.94. The van der Waals surface area contributed by atoms with Gasteiger partial charge in [0.2, 0.25) is 0 Å². The number of hydrogen-bond donors (Lipinski definition) is 1. The summed E-state index contributed by atoms with van der Waals surface area (Å²) < 4.78 is 10.7. The fraction of sp³-hybridized carbons (Fsp3) is 0.278. The molecule has 0 aliphatic rings. The van der Waals surface area contributed by atoms with Crippen LogP contribution >= 0.6 is 0 Å². The molecule has 0 aromatic heterocycles. The van der Waals surface area contributed by atoms with E-state index in [4.69, 9.17) is 9.47 Å². The predicted octanol–water partition coefficient (Wildman–Crippen LogP) is 3.41. The van der Waals surface area contributed by atoms with Crippen LogP contribution in [-0.4, -0.2) is 19.1 Å². The minimum absolute atomic E-state index is 0.106. The van der Waals surface area contributed by atoms with Crippen molar-refractivity contribution in [1.29, 1.82) is 0 Å². The Morgan fingerprint density at radius 2 is 1.59 bits per heavy atom. The molecule has 2 aromatic carbocycles. The van der Waals surface area contributed by atoms with Crippen molar-refractivity contribution in [2.45, 2.75) is 26.5 Å². The predicted molar refractivity (Wildman–Crippen MR) is 86.4 cm³/mol. The number of hydrogen-bond acceptors (Lipinski definition) is 3. The molecule has 0 unspecified atom stereocenters. The minimum Gasteiger partial charge on any atom is -0.497 e. The van der Waals surface area contributed by atoms with Crippen LogP contribution in [0.25, 0.3) is 0 Å². The first-order chi connectivity index (χ1) is 10.6. The number of rotatable bonds is 6. The van der Waals surface area contributed by atoms with Crippen LogP contribution < -0.4 is 14.8 Å². The van der Waals surface area contributed by atoms with Gasteiger partial charge >= 0.3 is 0 Å². The van der Waals surface area contributed by atoms with Gasteiger partial charge in [-0.25, -0.2) is 0 Å². The van der Waals surface area contributed by atoms with Crippen molar-refractivity contribution in [3.8, 4) is 11.5 Å². The lowest BCUT2D eigenvalue weighted by molar-refractivity contribution is 0.0951. The smallest absolute Gasteiger partial charge is 0.251 e. The number of benzene rings is 2. The van der Waals surface area contributed by atoms with Crippen molar-refractivity contribution in [3.05, 3.63) is 59.7 Å². The zero-order chi connectivity index (χ0) is 15.9. The van der Waals surface area contributed by atoms with Gasteiger partial charge in [0.1, 0.15) is 11.5 Å². The Kier molecular flexibility index (Phi) is 5.42. The van der Waals surface area contributed by atoms with Gasteiger partial charge in [0.05, 0.1) is 13.2 Å². The molecule has 1 N–H and O–H groups in total. The fourth-order valence-corrected chi connectivity index (χ4v) is 1.98. The molecule has 0 radical (unpaired) electrons. The van der Waals surface area contributed by atoms with E-state index in [1.165, 1.54) is 0 Å². The molecule has 4 nitrogen and oxygen atoms in total. The summed E-state index contributed by atoms with van der Waals surface area (Å²) in [6.07, 6.45) is 0.153. The Hall–Kier alpha value is -2.49.